The average molecular weight is 289 g/mol. The molecule has 0 amide bonds. The van der Waals surface area contributed by atoms with E-state index in [1.54, 1.807) is 18.2 Å². The molecule has 1 aliphatic rings. The fourth-order valence-corrected chi connectivity index (χ4v) is 2.30. The normalized spacial score (nSPS) is 18.0. The van der Waals surface area contributed by atoms with Gasteiger partial charge in [0.25, 0.3) is 0 Å². The number of hydrogen-bond donors (Lipinski definition) is 0. The number of nitrogens with zero attached hydrogens (tertiary/aromatic N) is 1. The fraction of sp³-hybridized carbons (Fsp3) is 0.267. The molecule has 1 aromatic carbocycles. The fourth-order valence-electron chi connectivity index (χ4n) is 2.30. The number of benzene rings is 1. The van der Waals surface area contributed by atoms with Crippen LogP contribution in [0.15, 0.2) is 36.4 Å². The van der Waals surface area contributed by atoms with Gasteiger partial charge in [0, 0.05) is 5.56 Å². The molecular formula is C15H11BF3NO. The molecule has 1 aromatic heterocycles. The summed E-state index contributed by atoms with van der Waals surface area (Å²) >= 11 is 0. The summed E-state index contributed by atoms with van der Waals surface area (Å²) in [6.07, 6.45) is -3.73. The zero-order valence-electron chi connectivity index (χ0n) is 11.0. The summed E-state index contributed by atoms with van der Waals surface area (Å²) in [6.45, 7) is 0.527. The van der Waals surface area contributed by atoms with Gasteiger partial charge in [-0.1, -0.05) is 12.1 Å². The highest BCUT2D eigenvalue weighted by molar-refractivity contribution is 6.12. The molecule has 106 valence electrons. The molecule has 1 aliphatic heterocycles. The Kier molecular flexibility index (Phi) is 3.39. The largest absolute Gasteiger partial charge is 0.492 e. The van der Waals surface area contributed by atoms with Crippen LogP contribution in [0, 0.1) is 0 Å². The lowest BCUT2D eigenvalue weighted by Crippen LogP contribution is -2.16. The molecule has 2 heterocycles. The molecule has 6 heteroatoms. The minimum absolute atomic E-state index is 0.250. The Morgan fingerprint density at radius 1 is 1.19 bits per heavy atom. The molecular weight excluding hydrogens is 278 g/mol. The van der Waals surface area contributed by atoms with Crippen molar-refractivity contribution in [1.29, 1.82) is 0 Å². The van der Waals surface area contributed by atoms with E-state index in [0.29, 0.717) is 35.7 Å². The van der Waals surface area contributed by atoms with Crippen LogP contribution in [0.4, 0.5) is 13.2 Å². The Bertz CT molecular complexity index is 672. The number of pyridine rings is 1. The standard InChI is InChI=1S/C15H11BF3NO/c16-11-6-7-21-13-5-4-12(20-14(11)13)9-2-1-3-10(8-9)15(17,18)19/h1-5,8,11H,6-7H2. The molecule has 2 radical (unpaired) electrons. The molecule has 0 N–H and O–H groups in total. The molecule has 0 fully saturated rings. The lowest BCUT2D eigenvalue weighted by molar-refractivity contribution is -0.137. The van der Waals surface area contributed by atoms with Gasteiger partial charge in [0.15, 0.2) is 0 Å². The molecule has 0 aliphatic carbocycles. The maximum atomic E-state index is 12.8. The predicted molar refractivity (Wildman–Crippen MR) is 73.3 cm³/mol. The van der Waals surface area contributed by atoms with E-state index in [4.69, 9.17) is 12.6 Å². The van der Waals surface area contributed by atoms with Gasteiger partial charge in [-0.05, 0) is 36.5 Å². The van der Waals surface area contributed by atoms with E-state index in [2.05, 4.69) is 4.98 Å². The average Bonchev–Trinajstić information content (AvgIpc) is 2.47. The number of ether oxygens (including phenoxy) is 1. The topological polar surface area (TPSA) is 22.1 Å². The van der Waals surface area contributed by atoms with Crippen LogP contribution < -0.4 is 4.74 Å². The first-order valence-electron chi connectivity index (χ1n) is 6.52. The first kappa shape index (κ1) is 14.0. The first-order chi connectivity index (χ1) is 9.95. The van der Waals surface area contributed by atoms with Gasteiger partial charge in [0.2, 0.25) is 0 Å². The van der Waals surface area contributed by atoms with Crippen molar-refractivity contribution < 1.29 is 17.9 Å². The van der Waals surface area contributed by atoms with Crippen molar-refractivity contribution in [2.24, 2.45) is 0 Å². The van der Waals surface area contributed by atoms with Crippen LogP contribution in [-0.2, 0) is 6.18 Å². The van der Waals surface area contributed by atoms with Crippen molar-refractivity contribution in [2.45, 2.75) is 18.4 Å². The highest BCUT2D eigenvalue weighted by atomic mass is 19.4. The lowest BCUT2D eigenvalue weighted by Gasteiger charge is -2.22. The third-order valence-corrected chi connectivity index (χ3v) is 3.41. The summed E-state index contributed by atoms with van der Waals surface area (Å²) in [5.41, 5.74) is 0.766. The highest BCUT2D eigenvalue weighted by Crippen LogP contribution is 2.34. The second-order valence-electron chi connectivity index (χ2n) is 4.90. The smallest absolute Gasteiger partial charge is 0.416 e. The zero-order valence-corrected chi connectivity index (χ0v) is 11.0. The molecule has 2 nitrogen and oxygen atoms in total. The predicted octanol–water partition coefficient (Wildman–Crippen LogP) is 3.76. The van der Waals surface area contributed by atoms with Crippen LogP contribution in [0.5, 0.6) is 5.75 Å². The van der Waals surface area contributed by atoms with Gasteiger partial charge in [0.1, 0.15) is 5.75 Å². The summed E-state index contributed by atoms with van der Waals surface area (Å²) in [5, 5.41) is 0. The number of halogens is 3. The number of rotatable bonds is 1. The summed E-state index contributed by atoms with van der Waals surface area (Å²) in [4.78, 5) is 4.37. The highest BCUT2D eigenvalue weighted by Gasteiger charge is 2.30. The summed E-state index contributed by atoms with van der Waals surface area (Å²) < 4.78 is 43.7. The van der Waals surface area contributed by atoms with Crippen molar-refractivity contribution >= 4 is 7.85 Å². The second kappa shape index (κ2) is 5.09. The molecule has 0 saturated heterocycles. The number of hydrogen-bond acceptors (Lipinski definition) is 2. The Morgan fingerprint density at radius 2 is 2.00 bits per heavy atom. The van der Waals surface area contributed by atoms with E-state index in [-0.39, 0.29) is 5.82 Å². The van der Waals surface area contributed by atoms with Crippen LogP contribution in [0.25, 0.3) is 11.3 Å². The van der Waals surface area contributed by atoms with Crippen LogP contribution in [0.3, 0.4) is 0 Å². The van der Waals surface area contributed by atoms with Gasteiger partial charge in [-0.2, -0.15) is 13.2 Å². The molecule has 0 bridgehead atoms. The van der Waals surface area contributed by atoms with Crippen molar-refractivity contribution in [3.63, 3.8) is 0 Å². The molecule has 0 spiro atoms. The number of alkyl halides is 3. The van der Waals surface area contributed by atoms with Gasteiger partial charge in [0.05, 0.1) is 31.4 Å². The van der Waals surface area contributed by atoms with Crippen molar-refractivity contribution in [1.82, 2.24) is 4.98 Å². The number of fused-ring (bicyclic) bond motifs is 1. The molecule has 2 aromatic rings. The van der Waals surface area contributed by atoms with Gasteiger partial charge in [-0.15, -0.1) is 0 Å². The van der Waals surface area contributed by atoms with E-state index in [1.807, 2.05) is 0 Å². The van der Waals surface area contributed by atoms with Crippen LogP contribution in [-0.4, -0.2) is 19.4 Å². The monoisotopic (exact) mass is 289 g/mol. The first-order valence-corrected chi connectivity index (χ1v) is 6.52. The van der Waals surface area contributed by atoms with E-state index in [1.165, 1.54) is 6.07 Å². The van der Waals surface area contributed by atoms with Crippen molar-refractivity contribution in [3.05, 3.63) is 47.7 Å². The molecule has 21 heavy (non-hydrogen) atoms. The SMILES string of the molecule is [B]C1CCOc2ccc(-c3cccc(C(F)(F)F)c3)nc21. The lowest BCUT2D eigenvalue weighted by atomic mass is 9.80. The van der Waals surface area contributed by atoms with Gasteiger partial charge >= 0.3 is 6.18 Å². The second-order valence-corrected chi connectivity index (χ2v) is 4.90. The maximum Gasteiger partial charge on any atom is 0.416 e. The van der Waals surface area contributed by atoms with Gasteiger partial charge < -0.3 is 4.74 Å². The van der Waals surface area contributed by atoms with Crippen molar-refractivity contribution in [3.8, 4) is 17.0 Å². The van der Waals surface area contributed by atoms with Gasteiger partial charge in [-0.3, -0.25) is 0 Å². The molecule has 3 rings (SSSR count). The Morgan fingerprint density at radius 3 is 2.76 bits per heavy atom. The molecule has 1 unspecified atom stereocenters. The third kappa shape index (κ3) is 2.75. The van der Waals surface area contributed by atoms with Crippen molar-refractivity contribution in [2.75, 3.05) is 6.61 Å². The maximum absolute atomic E-state index is 12.8. The summed E-state index contributed by atoms with van der Waals surface area (Å²) in [5.74, 6) is 0.351. The minimum atomic E-state index is -4.37. The Labute approximate surface area is 121 Å². The van der Waals surface area contributed by atoms with Crippen LogP contribution >= 0.6 is 0 Å². The quantitative estimate of drug-likeness (QED) is 0.746. The molecule has 0 saturated carbocycles. The van der Waals surface area contributed by atoms with E-state index >= 15 is 0 Å². The Balaban J connectivity index is 2.03. The van der Waals surface area contributed by atoms with Gasteiger partial charge in [-0.25, -0.2) is 4.98 Å². The van der Waals surface area contributed by atoms with E-state index < -0.39 is 11.7 Å². The van der Waals surface area contributed by atoms with Crippen LogP contribution in [0.2, 0.25) is 0 Å². The van der Waals surface area contributed by atoms with E-state index in [9.17, 15) is 13.2 Å². The van der Waals surface area contributed by atoms with Crippen LogP contribution in [0.1, 0.15) is 23.5 Å². The zero-order chi connectivity index (χ0) is 15.0. The van der Waals surface area contributed by atoms with E-state index in [0.717, 1.165) is 12.1 Å². The third-order valence-electron chi connectivity index (χ3n) is 3.41. The summed E-state index contributed by atoms with van der Waals surface area (Å²) in [7, 11) is 5.97. The molecule has 1 atom stereocenters. The Hall–Kier alpha value is -1.98. The summed E-state index contributed by atoms with van der Waals surface area (Å²) in [6, 6.07) is 8.44. The number of aromatic nitrogens is 1. The minimum Gasteiger partial charge on any atom is -0.492 e.